The lowest BCUT2D eigenvalue weighted by Gasteiger charge is -2.31. The number of rotatable bonds is 3. The van der Waals surface area contributed by atoms with E-state index in [0.29, 0.717) is 6.54 Å². The van der Waals surface area contributed by atoms with E-state index in [1.54, 1.807) is 7.11 Å². The molecule has 1 aromatic carbocycles. The van der Waals surface area contributed by atoms with Crippen LogP contribution in [-0.2, 0) is 5.41 Å². The fraction of sp³-hybridized carbons (Fsp3) is 0.600. The van der Waals surface area contributed by atoms with Gasteiger partial charge in [0.15, 0.2) is 0 Å². The van der Waals surface area contributed by atoms with Gasteiger partial charge in [-0.3, -0.25) is 0 Å². The Balaban J connectivity index is 2.62. The van der Waals surface area contributed by atoms with Crippen molar-refractivity contribution in [3.8, 4) is 5.75 Å². The van der Waals surface area contributed by atoms with Gasteiger partial charge in [-0.05, 0) is 37.8 Å². The fourth-order valence-electron chi connectivity index (χ4n) is 3.08. The summed E-state index contributed by atoms with van der Waals surface area (Å²) < 4.78 is 5.56. The predicted octanol–water partition coefficient (Wildman–Crippen LogP) is 3.74. The second-order valence-electron chi connectivity index (χ2n) is 5.40. The van der Waals surface area contributed by atoms with Crippen LogP contribution in [0.3, 0.4) is 0 Å². The first-order valence-electron chi connectivity index (χ1n) is 6.60. The number of hydrogen-bond donors (Lipinski definition) is 1. The zero-order chi connectivity index (χ0) is 13.3. The van der Waals surface area contributed by atoms with Crippen LogP contribution in [0.5, 0.6) is 5.75 Å². The number of benzene rings is 1. The van der Waals surface area contributed by atoms with Crippen molar-refractivity contribution in [3.05, 3.63) is 27.8 Å². The van der Waals surface area contributed by atoms with Crippen molar-refractivity contribution in [2.75, 3.05) is 13.7 Å². The van der Waals surface area contributed by atoms with Gasteiger partial charge in [-0.1, -0.05) is 30.5 Å². The Hall–Kier alpha value is -0.730. The molecule has 1 saturated carbocycles. The number of nitrogens with two attached hydrogens (primary N) is 1. The fourth-order valence-corrected chi connectivity index (χ4v) is 3.41. The number of hydrogen-bond acceptors (Lipinski definition) is 2. The molecule has 1 aliphatic carbocycles. The van der Waals surface area contributed by atoms with Crippen molar-refractivity contribution in [1.29, 1.82) is 0 Å². The highest BCUT2D eigenvalue weighted by Crippen LogP contribution is 2.47. The molecular formula is C15H22ClNO. The lowest BCUT2D eigenvalue weighted by molar-refractivity contribution is 0.377. The summed E-state index contributed by atoms with van der Waals surface area (Å²) in [5, 5.41) is 0.743. The van der Waals surface area contributed by atoms with Crippen LogP contribution in [0.25, 0.3) is 0 Å². The normalized spacial score (nSPS) is 18.1. The third kappa shape index (κ3) is 2.02. The van der Waals surface area contributed by atoms with Gasteiger partial charge in [0.1, 0.15) is 5.75 Å². The first-order chi connectivity index (χ1) is 8.55. The maximum Gasteiger partial charge on any atom is 0.141 e. The van der Waals surface area contributed by atoms with E-state index >= 15 is 0 Å². The van der Waals surface area contributed by atoms with Gasteiger partial charge < -0.3 is 10.5 Å². The average Bonchev–Trinajstić information content (AvgIpc) is 2.85. The van der Waals surface area contributed by atoms with Gasteiger partial charge in [0.25, 0.3) is 0 Å². The summed E-state index contributed by atoms with van der Waals surface area (Å²) in [5.41, 5.74) is 9.65. The molecule has 0 aromatic heterocycles. The number of ether oxygens (including phenoxy) is 1. The summed E-state index contributed by atoms with van der Waals surface area (Å²) in [6.07, 6.45) is 4.76. The average molecular weight is 268 g/mol. The van der Waals surface area contributed by atoms with Crippen LogP contribution in [-0.4, -0.2) is 13.7 Å². The van der Waals surface area contributed by atoms with Gasteiger partial charge in [-0.15, -0.1) is 0 Å². The van der Waals surface area contributed by atoms with Gasteiger partial charge in [-0.2, -0.15) is 0 Å². The van der Waals surface area contributed by atoms with E-state index in [2.05, 4.69) is 13.0 Å². The Morgan fingerprint density at radius 1 is 1.33 bits per heavy atom. The molecule has 1 aromatic rings. The highest BCUT2D eigenvalue weighted by Gasteiger charge is 2.37. The molecule has 2 rings (SSSR count). The molecule has 0 bridgehead atoms. The highest BCUT2D eigenvalue weighted by molar-refractivity contribution is 6.33. The van der Waals surface area contributed by atoms with Crippen molar-refractivity contribution < 1.29 is 4.74 Å². The molecule has 1 fully saturated rings. The lowest BCUT2D eigenvalue weighted by Crippen LogP contribution is -2.32. The van der Waals surface area contributed by atoms with E-state index in [1.165, 1.54) is 24.0 Å². The summed E-state index contributed by atoms with van der Waals surface area (Å²) in [6.45, 7) is 4.80. The third-order valence-corrected chi connectivity index (χ3v) is 4.91. The molecule has 0 heterocycles. The Morgan fingerprint density at radius 3 is 2.44 bits per heavy atom. The van der Waals surface area contributed by atoms with Crippen molar-refractivity contribution in [2.45, 2.75) is 44.9 Å². The molecule has 2 N–H and O–H groups in total. The van der Waals surface area contributed by atoms with E-state index in [-0.39, 0.29) is 5.41 Å². The van der Waals surface area contributed by atoms with Crippen LogP contribution in [0.4, 0.5) is 0 Å². The Labute approximate surface area is 114 Å². The molecule has 0 saturated heterocycles. The maximum absolute atomic E-state index is 6.44. The molecule has 2 nitrogen and oxygen atoms in total. The van der Waals surface area contributed by atoms with E-state index in [4.69, 9.17) is 22.1 Å². The monoisotopic (exact) mass is 267 g/mol. The minimum absolute atomic E-state index is 0.0629. The molecule has 0 radical (unpaired) electrons. The number of methoxy groups -OCH3 is 1. The van der Waals surface area contributed by atoms with E-state index < -0.39 is 0 Å². The summed E-state index contributed by atoms with van der Waals surface area (Å²) in [7, 11) is 1.69. The van der Waals surface area contributed by atoms with Gasteiger partial charge >= 0.3 is 0 Å². The van der Waals surface area contributed by atoms with Crippen LogP contribution >= 0.6 is 11.6 Å². The van der Waals surface area contributed by atoms with Gasteiger partial charge in [0.05, 0.1) is 12.1 Å². The summed E-state index contributed by atoms with van der Waals surface area (Å²) in [5.74, 6) is 0.826. The van der Waals surface area contributed by atoms with Gasteiger partial charge in [-0.25, -0.2) is 0 Å². The first-order valence-corrected chi connectivity index (χ1v) is 6.98. The Bertz CT molecular complexity index is 450. The predicted molar refractivity (Wildman–Crippen MR) is 76.7 cm³/mol. The number of halogens is 1. The van der Waals surface area contributed by atoms with E-state index in [0.717, 1.165) is 29.2 Å². The number of aryl methyl sites for hydroxylation is 1. The third-order valence-electron chi connectivity index (χ3n) is 4.45. The lowest BCUT2D eigenvalue weighted by atomic mass is 9.77. The van der Waals surface area contributed by atoms with E-state index in [9.17, 15) is 0 Å². The standard InChI is InChI=1S/C15H22ClNO/c1-10-8-12(14(18-3)13(16)11(10)2)15(9-17)6-4-5-7-15/h8H,4-7,9,17H2,1-3H3. The molecule has 3 heteroatoms. The minimum Gasteiger partial charge on any atom is -0.495 e. The van der Waals surface area contributed by atoms with Crippen LogP contribution in [0.2, 0.25) is 5.02 Å². The molecule has 0 unspecified atom stereocenters. The molecule has 0 spiro atoms. The van der Waals surface area contributed by atoms with Crippen molar-refractivity contribution in [1.82, 2.24) is 0 Å². The Morgan fingerprint density at radius 2 is 1.94 bits per heavy atom. The van der Waals surface area contributed by atoms with Crippen molar-refractivity contribution >= 4 is 11.6 Å². The van der Waals surface area contributed by atoms with Crippen molar-refractivity contribution in [2.24, 2.45) is 5.73 Å². The quantitative estimate of drug-likeness (QED) is 0.906. The smallest absolute Gasteiger partial charge is 0.141 e. The first kappa shape index (κ1) is 13.7. The van der Waals surface area contributed by atoms with Gasteiger partial charge in [0.2, 0.25) is 0 Å². The molecule has 0 aliphatic heterocycles. The maximum atomic E-state index is 6.44. The summed E-state index contributed by atoms with van der Waals surface area (Å²) in [4.78, 5) is 0. The zero-order valence-electron chi connectivity index (χ0n) is 11.5. The Kier molecular flexibility index (Phi) is 3.88. The molecule has 0 amide bonds. The largest absolute Gasteiger partial charge is 0.495 e. The molecule has 1 aliphatic rings. The topological polar surface area (TPSA) is 35.2 Å². The zero-order valence-corrected chi connectivity index (χ0v) is 12.2. The second kappa shape index (κ2) is 5.10. The highest BCUT2D eigenvalue weighted by atomic mass is 35.5. The SMILES string of the molecule is COc1c(C2(CN)CCCC2)cc(C)c(C)c1Cl. The molecule has 100 valence electrons. The molecular weight excluding hydrogens is 246 g/mol. The van der Waals surface area contributed by atoms with Crippen LogP contribution in [0.15, 0.2) is 6.07 Å². The van der Waals surface area contributed by atoms with Crippen LogP contribution in [0.1, 0.15) is 42.4 Å². The van der Waals surface area contributed by atoms with Crippen LogP contribution < -0.4 is 10.5 Å². The van der Waals surface area contributed by atoms with Gasteiger partial charge in [0, 0.05) is 17.5 Å². The molecule has 0 atom stereocenters. The summed E-state index contributed by atoms with van der Waals surface area (Å²) >= 11 is 6.44. The molecule has 18 heavy (non-hydrogen) atoms. The minimum atomic E-state index is 0.0629. The van der Waals surface area contributed by atoms with Crippen LogP contribution in [0, 0.1) is 13.8 Å². The van der Waals surface area contributed by atoms with Crippen molar-refractivity contribution in [3.63, 3.8) is 0 Å². The second-order valence-corrected chi connectivity index (χ2v) is 5.78. The van der Waals surface area contributed by atoms with E-state index in [1.807, 2.05) is 6.92 Å². The summed E-state index contributed by atoms with van der Waals surface area (Å²) in [6, 6.07) is 2.22.